The van der Waals surface area contributed by atoms with Gasteiger partial charge in [-0.15, -0.1) is 24.8 Å². The van der Waals surface area contributed by atoms with Gasteiger partial charge >= 0.3 is 10.1 Å². The van der Waals surface area contributed by atoms with Crippen molar-refractivity contribution in [3.05, 3.63) is 59.1 Å². The van der Waals surface area contributed by atoms with Crippen molar-refractivity contribution in [3.8, 4) is 5.75 Å². The van der Waals surface area contributed by atoms with Crippen LogP contribution in [0.5, 0.6) is 5.75 Å². The highest BCUT2D eigenvalue weighted by Gasteiger charge is 2.20. The Bertz CT molecular complexity index is 806. The monoisotopic (exact) mass is 456 g/mol. The number of hydroxylamine groups is 2. The van der Waals surface area contributed by atoms with Crippen molar-refractivity contribution >= 4 is 46.5 Å². The minimum absolute atomic E-state index is 0. The summed E-state index contributed by atoms with van der Waals surface area (Å²) in [5, 5.41) is 1.78. The van der Waals surface area contributed by atoms with Crippen molar-refractivity contribution in [3.63, 3.8) is 0 Å². The Hall–Kier alpha value is -1.06. The molecule has 0 fully saturated rings. The predicted molar refractivity (Wildman–Crippen MR) is 111 cm³/mol. The van der Waals surface area contributed by atoms with Crippen molar-refractivity contribution in [1.29, 1.82) is 0 Å². The first-order valence-electron chi connectivity index (χ1n) is 7.74. The molecule has 0 aliphatic carbocycles. The molecule has 0 saturated carbocycles. The van der Waals surface area contributed by atoms with Crippen LogP contribution in [0.2, 0.25) is 5.02 Å². The van der Waals surface area contributed by atoms with Crippen LogP contribution >= 0.6 is 36.4 Å². The highest BCUT2D eigenvalue weighted by atomic mass is 35.5. The summed E-state index contributed by atoms with van der Waals surface area (Å²) in [7, 11) is -2.20. The molecule has 0 spiro atoms. The maximum atomic E-state index is 12.4. The molecule has 0 aliphatic rings. The van der Waals surface area contributed by atoms with Crippen LogP contribution < -0.4 is 9.92 Å². The average molecular weight is 458 g/mol. The van der Waals surface area contributed by atoms with Crippen LogP contribution in [0.25, 0.3) is 0 Å². The van der Waals surface area contributed by atoms with Crippen LogP contribution in [-0.2, 0) is 21.5 Å². The summed E-state index contributed by atoms with van der Waals surface area (Å²) in [6.45, 7) is 1.58. The molecule has 0 heterocycles. The fraction of sp³-hybridized carbons (Fsp3) is 0.294. The van der Waals surface area contributed by atoms with E-state index in [9.17, 15) is 8.42 Å². The Morgan fingerprint density at radius 1 is 1.11 bits per heavy atom. The molecule has 10 heteroatoms. The predicted octanol–water partition coefficient (Wildman–Crippen LogP) is 3.66. The minimum Gasteiger partial charge on any atom is -0.379 e. The number of rotatable bonds is 9. The Kier molecular flexibility index (Phi) is 11.9. The molecule has 2 rings (SSSR count). The van der Waals surface area contributed by atoms with E-state index in [0.717, 1.165) is 12.0 Å². The van der Waals surface area contributed by atoms with Crippen molar-refractivity contribution in [2.45, 2.75) is 17.9 Å². The van der Waals surface area contributed by atoms with Crippen molar-refractivity contribution < 1.29 is 17.4 Å². The third kappa shape index (κ3) is 8.23. The van der Waals surface area contributed by atoms with Gasteiger partial charge in [0.2, 0.25) is 0 Å². The fourth-order valence-electron chi connectivity index (χ4n) is 2.12. The van der Waals surface area contributed by atoms with E-state index in [2.05, 4.69) is 0 Å². The Morgan fingerprint density at radius 2 is 1.81 bits per heavy atom. The molecule has 0 unspecified atom stereocenters. The van der Waals surface area contributed by atoms with Gasteiger partial charge < -0.3 is 9.92 Å². The molecular formula is C17H23Cl3N2O4S. The van der Waals surface area contributed by atoms with Gasteiger partial charge in [-0.25, -0.2) is 0 Å². The zero-order chi connectivity index (χ0) is 18.3. The molecule has 6 nitrogen and oxygen atoms in total. The van der Waals surface area contributed by atoms with Gasteiger partial charge in [0.15, 0.2) is 0 Å². The molecule has 2 aromatic carbocycles. The van der Waals surface area contributed by atoms with Crippen LogP contribution in [0.3, 0.4) is 0 Å². The van der Waals surface area contributed by atoms with Crippen LogP contribution in [0, 0.1) is 0 Å². The molecule has 0 bridgehead atoms. The van der Waals surface area contributed by atoms with E-state index in [4.69, 9.17) is 26.4 Å². The lowest BCUT2D eigenvalue weighted by atomic mass is 10.2. The van der Waals surface area contributed by atoms with Crippen LogP contribution in [0.15, 0.2) is 53.4 Å². The lowest BCUT2D eigenvalue weighted by molar-refractivity contribution is -0.146. The van der Waals surface area contributed by atoms with Crippen LogP contribution in [0.1, 0.15) is 12.0 Å². The number of nitrogens with zero attached hydrogens (tertiary/aromatic N) is 1. The average Bonchev–Trinajstić information content (AvgIpc) is 2.55. The second-order valence-corrected chi connectivity index (χ2v) is 7.30. The molecule has 0 saturated heterocycles. The summed E-state index contributed by atoms with van der Waals surface area (Å²) in [6.07, 6.45) is 0.767. The summed E-state index contributed by atoms with van der Waals surface area (Å²) in [5.74, 6) is 0.216. The highest BCUT2D eigenvalue weighted by Crippen LogP contribution is 2.25. The smallest absolute Gasteiger partial charge is 0.340 e. The fourth-order valence-corrected chi connectivity index (χ4v) is 3.54. The Labute approximate surface area is 177 Å². The van der Waals surface area contributed by atoms with Crippen molar-refractivity contribution in [1.82, 2.24) is 5.06 Å². The van der Waals surface area contributed by atoms with E-state index >= 15 is 0 Å². The molecular weight excluding hydrogens is 435 g/mol. The first-order valence-corrected chi connectivity index (χ1v) is 9.53. The van der Waals surface area contributed by atoms with Gasteiger partial charge in [-0.3, -0.25) is 4.84 Å². The van der Waals surface area contributed by atoms with E-state index in [-0.39, 0.29) is 40.5 Å². The third-order valence-electron chi connectivity index (χ3n) is 3.28. The van der Waals surface area contributed by atoms with Gasteiger partial charge in [-0.05, 0) is 42.8 Å². The Balaban J connectivity index is 0.00000338. The number of benzene rings is 2. The maximum Gasteiger partial charge on any atom is 0.340 e. The lowest BCUT2D eigenvalue weighted by Crippen LogP contribution is -2.20. The van der Waals surface area contributed by atoms with Crippen molar-refractivity contribution in [2.75, 3.05) is 20.2 Å². The number of halogens is 3. The number of hydrogen-bond donors (Lipinski definition) is 1. The topological polar surface area (TPSA) is 81.9 Å². The second-order valence-electron chi connectivity index (χ2n) is 5.38. The maximum absolute atomic E-state index is 12.4. The normalized spacial score (nSPS) is 10.8. The minimum atomic E-state index is -4.00. The summed E-state index contributed by atoms with van der Waals surface area (Å²) < 4.78 is 30.0. The molecule has 2 aromatic rings. The standard InChI is InChI=1S/C17H21ClN2O4S.2ClH/c1-20(23-11-5-10-19)13-14-6-4-7-15(12-14)24-25(21,22)17-9-3-2-8-16(17)18;;/h2-4,6-9,12H,5,10-11,13,19H2,1H3;2*1H. The zero-order valence-corrected chi connectivity index (χ0v) is 17.9. The van der Waals surface area contributed by atoms with Crippen LogP contribution in [0.4, 0.5) is 0 Å². The van der Waals surface area contributed by atoms with E-state index in [1.165, 1.54) is 12.1 Å². The number of nitrogens with two attached hydrogens (primary N) is 1. The van der Waals surface area contributed by atoms with E-state index in [1.54, 1.807) is 42.4 Å². The molecule has 152 valence electrons. The van der Waals surface area contributed by atoms with Crippen molar-refractivity contribution in [2.24, 2.45) is 5.73 Å². The first kappa shape index (κ1) is 25.9. The van der Waals surface area contributed by atoms with E-state index in [0.29, 0.717) is 19.7 Å². The molecule has 2 N–H and O–H groups in total. The molecule has 0 radical (unpaired) electrons. The molecule has 0 aliphatic heterocycles. The zero-order valence-electron chi connectivity index (χ0n) is 14.7. The number of hydrogen-bond acceptors (Lipinski definition) is 6. The Morgan fingerprint density at radius 3 is 2.48 bits per heavy atom. The SMILES string of the molecule is CN(Cc1cccc(OS(=O)(=O)c2ccccc2Cl)c1)OCCCN.Cl.Cl. The van der Waals surface area contributed by atoms with Gasteiger partial charge in [0, 0.05) is 13.6 Å². The van der Waals surface area contributed by atoms with Gasteiger partial charge in [0.05, 0.1) is 11.6 Å². The third-order valence-corrected chi connectivity index (χ3v) is 5.02. The quantitative estimate of drug-likeness (QED) is 0.351. The van der Waals surface area contributed by atoms with Crippen LogP contribution in [-0.4, -0.2) is 33.7 Å². The van der Waals surface area contributed by atoms with Gasteiger partial charge in [-0.1, -0.05) is 35.9 Å². The highest BCUT2D eigenvalue weighted by molar-refractivity contribution is 7.87. The summed E-state index contributed by atoms with van der Waals surface area (Å²) in [6, 6.07) is 13.0. The molecule has 0 atom stereocenters. The molecule has 27 heavy (non-hydrogen) atoms. The largest absolute Gasteiger partial charge is 0.379 e. The van der Waals surface area contributed by atoms with Gasteiger partial charge in [0.1, 0.15) is 10.6 Å². The van der Waals surface area contributed by atoms with Gasteiger partial charge in [-0.2, -0.15) is 13.5 Å². The molecule has 0 aromatic heterocycles. The lowest BCUT2D eigenvalue weighted by Gasteiger charge is -2.17. The first-order chi connectivity index (χ1) is 11.9. The summed E-state index contributed by atoms with van der Waals surface area (Å²) >= 11 is 5.94. The van der Waals surface area contributed by atoms with E-state index in [1.807, 2.05) is 6.07 Å². The summed E-state index contributed by atoms with van der Waals surface area (Å²) in [5.41, 5.74) is 6.27. The van der Waals surface area contributed by atoms with E-state index < -0.39 is 10.1 Å². The molecule has 0 amide bonds. The van der Waals surface area contributed by atoms with Gasteiger partial charge in [0.25, 0.3) is 0 Å². The summed E-state index contributed by atoms with van der Waals surface area (Å²) in [4.78, 5) is 5.42. The second kappa shape index (κ2) is 12.4.